The minimum atomic E-state index is -0.142. The molecule has 4 nitrogen and oxygen atoms in total. The summed E-state index contributed by atoms with van der Waals surface area (Å²) in [6.45, 7) is 4.26. The first-order valence-corrected chi connectivity index (χ1v) is 7.35. The van der Waals surface area contributed by atoms with Gasteiger partial charge in [-0.15, -0.1) is 0 Å². The maximum atomic E-state index is 9.54. The van der Waals surface area contributed by atoms with Gasteiger partial charge in [-0.05, 0) is 30.0 Å². The zero-order valence-electron chi connectivity index (χ0n) is 12.0. The van der Waals surface area contributed by atoms with Crippen molar-refractivity contribution in [3.63, 3.8) is 0 Å². The van der Waals surface area contributed by atoms with Gasteiger partial charge in [0, 0.05) is 32.4 Å². The highest BCUT2D eigenvalue weighted by atomic mass is 16.5. The lowest BCUT2D eigenvalue weighted by Gasteiger charge is -2.32. The molecule has 1 fully saturated rings. The number of benzene rings is 1. The van der Waals surface area contributed by atoms with Gasteiger partial charge >= 0.3 is 0 Å². The molecular formula is C16H21N3O. The summed E-state index contributed by atoms with van der Waals surface area (Å²) in [5.74, 6) is 0. The van der Waals surface area contributed by atoms with Crippen LogP contribution in [0.15, 0.2) is 18.2 Å². The van der Waals surface area contributed by atoms with Crippen LogP contribution in [0, 0.1) is 11.3 Å². The molecule has 0 saturated carbocycles. The predicted octanol–water partition coefficient (Wildman–Crippen LogP) is 1.97. The number of fused-ring (bicyclic) bond motifs is 1. The zero-order valence-corrected chi connectivity index (χ0v) is 12.0. The molecule has 4 heteroatoms. The molecule has 0 N–H and O–H groups in total. The fraction of sp³-hybridized carbons (Fsp3) is 0.562. The van der Waals surface area contributed by atoms with Crippen molar-refractivity contribution in [2.45, 2.75) is 18.9 Å². The largest absolute Gasteiger partial charge is 0.379 e. The van der Waals surface area contributed by atoms with Gasteiger partial charge in [0.15, 0.2) is 0 Å². The molecule has 1 aromatic carbocycles. The van der Waals surface area contributed by atoms with E-state index >= 15 is 0 Å². The summed E-state index contributed by atoms with van der Waals surface area (Å²) in [5, 5.41) is 9.54. The Morgan fingerprint density at radius 1 is 1.25 bits per heavy atom. The van der Waals surface area contributed by atoms with E-state index in [0.717, 1.165) is 44.8 Å². The van der Waals surface area contributed by atoms with E-state index in [-0.39, 0.29) is 6.04 Å². The number of nitriles is 1. The van der Waals surface area contributed by atoms with Crippen molar-refractivity contribution in [1.82, 2.24) is 4.90 Å². The topological polar surface area (TPSA) is 39.5 Å². The second-order valence-electron chi connectivity index (χ2n) is 5.59. The van der Waals surface area contributed by atoms with E-state index in [1.807, 2.05) is 0 Å². The Morgan fingerprint density at radius 2 is 2.05 bits per heavy atom. The van der Waals surface area contributed by atoms with Gasteiger partial charge in [-0.2, -0.15) is 5.26 Å². The second-order valence-corrected chi connectivity index (χ2v) is 5.59. The summed E-state index contributed by atoms with van der Waals surface area (Å²) in [6.07, 6.45) is 2.32. The molecule has 0 amide bonds. The van der Waals surface area contributed by atoms with E-state index in [4.69, 9.17) is 4.74 Å². The minimum absolute atomic E-state index is 0.142. The zero-order chi connectivity index (χ0) is 13.9. The molecule has 1 atom stereocenters. The molecule has 106 valence electrons. The van der Waals surface area contributed by atoms with Gasteiger partial charge in [0.05, 0.1) is 19.3 Å². The fourth-order valence-corrected chi connectivity index (χ4v) is 3.18. The Kier molecular flexibility index (Phi) is 3.90. The number of anilines is 1. The van der Waals surface area contributed by atoms with Crippen LogP contribution < -0.4 is 4.90 Å². The summed E-state index contributed by atoms with van der Waals surface area (Å²) >= 11 is 0. The molecular weight excluding hydrogens is 250 g/mol. The first kappa shape index (κ1) is 13.4. The van der Waals surface area contributed by atoms with E-state index in [2.05, 4.69) is 41.1 Å². The Hall–Kier alpha value is -1.57. The fourth-order valence-electron chi connectivity index (χ4n) is 3.18. The number of aryl methyl sites for hydroxylation is 1. The van der Waals surface area contributed by atoms with Crippen LogP contribution in [0.2, 0.25) is 0 Å². The number of rotatable bonds is 2. The third-order valence-electron chi connectivity index (χ3n) is 4.30. The van der Waals surface area contributed by atoms with E-state index in [9.17, 15) is 5.26 Å². The molecule has 0 aliphatic carbocycles. The van der Waals surface area contributed by atoms with Gasteiger partial charge in [0.25, 0.3) is 0 Å². The molecule has 2 aliphatic heterocycles. The van der Waals surface area contributed by atoms with Crippen LogP contribution in [-0.2, 0) is 11.2 Å². The van der Waals surface area contributed by atoms with Crippen molar-refractivity contribution in [3.05, 3.63) is 29.3 Å². The number of hydrogen-bond acceptors (Lipinski definition) is 4. The van der Waals surface area contributed by atoms with Crippen LogP contribution in [0.4, 0.5) is 5.69 Å². The van der Waals surface area contributed by atoms with E-state index in [0.29, 0.717) is 0 Å². The van der Waals surface area contributed by atoms with E-state index < -0.39 is 0 Å². The summed E-state index contributed by atoms with van der Waals surface area (Å²) in [5.41, 5.74) is 3.83. The Bertz CT molecular complexity index is 517. The Morgan fingerprint density at radius 3 is 2.80 bits per heavy atom. The lowest BCUT2D eigenvalue weighted by molar-refractivity contribution is 0.0266. The molecule has 1 saturated heterocycles. The highest BCUT2D eigenvalue weighted by Gasteiger charge is 2.24. The molecule has 1 aromatic rings. The smallest absolute Gasteiger partial charge is 0.124 e. The average molecular weight is 271 g/mol. The van der Waals surface area contributed by atoms with Gasteiger partial charge in [0.2, 0.25) is 0 Å². The summed E-state index contributed by atoms with van der Waals surface area (Å²) in [4.78, 5) is 4.52. The van der Waals surface area contributed by atoms with Gasteiger partial charge in [-0.3, -0.25) is 4.90 Å². The first-order chi connectivity index (χ1) is 9.79. The first-order valence-electron chi connectivity index (χ1n) is 7.35. The molecule has 0 spiro atoms. The summed E-state index contributed by atoms with van der Waals surface area (Å²) in [6, 6.07) is 8.84. The van der Waals surface area contributed by atoms with Crippen molar-refractivity contribution in [2.75, 3.05) is 44.8 Å². The monoisotopic (exact) mass is 271 g/mol. The van der Waals surface area contributed by atoms with E-state index in [1.54, 1.807) is 0 Å². The van der Waals surface area contributed by atoms with Crippen molar-refractivity contribution in [3.8, 4) is 6.07 Å². The maximum Gasteiger partial charge on any atom is 0.124 e. The second kappa shape index (κ2) is 5.82. The normalized spacial score (nSPS) is 21.1. The van der Waals surface area contributed by atoms with Gasteiger partial charge in [-0.1, -0.05) is 12.1 Å². The molecule has 0 unspecified atom stereocenters. The average Bonchev–Trinajstić information content (AvgIpc) is 2.49. The van der Waals surface area contributed by atoms with Crippen LogP contribution >= 0.6 is 0 Å². The van der Waals surface area contributed by atoms with Crippen LogP contribution in [0.25, 0.3) is 0 Å². The van der Waals surface area contributed by atoms with Crippen LogP contribution in [0.5, 0.6) is 0 Å². The number of nitrogens with zero attached hydrogens (tertiary/aromatic N) is 3. The van der Waals surface area contributed by atoms with Crippen molar-refractivity contribution < 1.29 is 4.74 Å². The lowest BCUT2D eigenvalue weighted by atomic mass is 9.96. The predicted molar refractivity (Wildman–Crippen MR) is 78.8 cm³/mol. The Labute approximate surface area is 120 Å². The van der Waals surface area contributed by atoms with Gasteiger partial charge < -0.3 is 9.64 Å². The van der Waals surface area contributed by atoms with E-state index in [1.165, 1.54) is 17.7 Å². The quantitative estimate of drug-likeness (QED) is 0.824. The Balaban J connectivity index is 1.87. The highest BCUT2D eigenvalue weighted by Crippen LogP contribution is 2.30. The highest BCUT2D eigenvalue weighted by molar-refractivity contribution is 5.56. The van der Waals surface area contributed by atoms with Crippen molar-refractivity contribution >= 4 is 5.69 Å². The number of morpholine rings is 1. The molecule has 3 rings (SSSR count). The molecule has 0 radical (unpaired) electrons. The molecule has 20 heavy (non-hydrogen) atoms. The van der Waals surface area contributed by atoms with Crippen molar-refractivity contribution in [2.24, 2.45) is 0 Å². The summed E-state index contributed by atoms with van der Waals surface area (Å²) in [7, 11) is 2.14. The molecule has 2 aliphatic rings. The lowest BCUT2D eigenvalue weighted by Crippen LogP contribution is -2.38. The number of hydrogen-bond donors (Lipinski definition) is 0. The SMILES string of the molecule is CN1CCCc2cc([C@H](C#N)N3CCOCC3)ccc21. The van der Waals surface area contributed by atoms with Gasteiger partial charge in [0.1, 0.15) is 6.04 Å². The maximum absolute atomic E-state index is 9.54. The minimum Gasteiger partial charge on any atom is -0.379 e. The number of ether oxygens (including phenoxy) is 1. The van der Waals surface area contributed by atoms with Gasteiger partial charge in [-0.25, -0.2) is 0 Å². The van der Waals surface area contributed by atoms with Crippen LogP contribution in [0.3, 0.4) is 0 Å². The third kappa shape index (κ3) is 2.52. The third-order valence-corrected chi connectivity index (χ3v) is 4.30. The van der Waals surface area contributed by atoms with Crippen LogP contribution in [0.1, 0.15) is 23.6 Å². The van der Waals surface area contributed by atoms with Crippen molar-refractivity contribution in [1.29, 1.82) is 5.26 Å². The molecule has 0 aromatic heterocycles. The standard InChI is InChI=1S/C16H21N3O/c1-18-6-2-3-13-11-14(4-5-15(13)18)16(12-17)19-7-9-20-10-8-19/h4-5,11,16H,2-3,6-10H2,1H3/t16-/m0/s1. The molecule has 0 bridgehead atoms. The van der Waals surface area contributed by atoms with Crippen LogP contribution in [-0.4, -0.2) is 44.8 Å². The summed E-state index contributed by atoms with van der Waals surface area (Å²) < 4.78 is 5.38. The molecule has 2 heterocycles.